The molecule has 7 heteroatoms. The van der Waals surface area contributed by atoms with Crippen LogP contribution in [0.4, 0.5) is 4.79 Å². The van der Waals surface area contributed by atoms with Crippen molar-refractivity contribution >= 4 is 18.0 Å². The van der Waals surface area contributed by atoms with Crippen LogP contribution in [0.1, 0.15) is 49.7 Å². The average Bonchev–Trinajstić information content (AvgIpc) is 3.15. The van der Waals surface area contributed by atoms with Crippen LogP contribution in [0.5, 0.6) is 0 Å². The molecule has 0 radical (unpaired) electrons. The second-order valence-electron chi connectivity index (χ2n) is 9.46. The molecule has 2 atom stereocenters. The van der Waals surface area contributed by atoms with Gasteiger partial charge in [-0.05, 0) is 42.0 Å². The van der Waals surface area contributed by atoms with Crippen LogP contribution in [0, 0.1) is 18.3 Å². The molecule has 182 valence electrons. The van der Waals surface area contributed by atoms with E-state index in [1.54, 1.807) is 0 Å². The van der Waals surface area contributed by atoms with Crippen LogP contribution in [0.2, 0.25) is 0 Å². The number of hydrogen-bond donors (Lipinski definition) is 2. The first kappa shape index (κ1) is 24.3. The normalized spacial score (nSPS) is 20.7. The van der Waals surface area contributed by atoms with E-state index >= 15 is 0 Å². The summed E-state index contributed by atoms with van der Waals surface area (Å²) in [5, 5.41) is 12.1. The largest absolute Gasteiger partial charge is 0.480 e. The molecule has 0 aliphatic heterocycles. The van der Waals surface area contributed by atoms with Crippen molar-refractivity contribution in [2.24, 2.45) is 5.92 Å². The Morgan fingerprint density at radius 2 is 1.74 bits per heavy atom. The van der Waals surface area contributed by atoms with Crippen LogP contribution in [0.3, 0.4) is 0 Å². The van der Waals surface area contributed by atoms with E-state index in [0.717, 1.165) is 40.0 Å². The first-order valence-corrected chi connectivity index (χ1v) is 11.9. The Labute approximate surface area is 205 Å². The van der Waals surface area contributed by atoms with E-state index in [2.05, 4.69) is 35.5 Å². The molecule has 2 aromatic carbocycles. The molecule has 0 aromatic heterocycles. The predicted molar refractivity (Wildman–Crippen MR) is 132 cm³/mol. The molecule has 0 saturated heterocycles. The van der Waals surface area contributed by atoms with Crippen molar-refractivity contribution < 1.29 is 24.2 Å². The fourth-order valence-corrected chi connectivity index (χ4v) is 5.45. The lowest BCUT2D eigenvalue weighted by Gasteiger charge is -2.42. The number of nitrogens with one attached hydrogen (secondary N) is 1. The molecule has 0 heterocycles. The van der Waals surface area contributed by atoms with Crippen molar-refractivity contribution in [3.63, 3.8) is 0 Å². The molecule has 7 nitrogen and oxygen atoms in total. The maximum Gasteiger partial charge on any atom is 0.407 e. The number of nitrogens with zero attached hydrogens (tertiary/aromatic N) is 1. The Kier molecular flexibility index (Phi) is 7.11. The molecule has 35 heavy (non-hydrogen) atoms. The summed E-state index contributed by atoms with van der Waals surface area (Å²) in [5.41, 5.74) is 3.68. The topological polar surface area (TPSA) is 95.9 Å². The SMILES string of the molecule is C#CCN(CC(=O)O)C(=O)C1CCCCC1(C)NC(=O)OCC1c2ccccc2-c2ccccc21. The number of carbonyl (C=O) groups is 3. The predicted octanol–water partition coefficient (Wildman–Crippen LogP) is 4.02. The highest BCUT2D eigenvalue weighted by Crippen LogP contribution is 2.44. The summed E-state index contributed by atoms with van der Waals surface area (Å²) in [6.45, 7) is 1.44. The highest BCUT2D eigenvalue weighted by Gasteiger charge is 2.44. The minimum atomic E-state index is -1.13. The van der Waals surface area contributed by atoms with Crippen molar-refractivity contribution in [2.75, 3.05) is 19.7 Å². The monoisotopic (exact) mass is 474 g/mol. The van der Waals surface area contributed by atoms with Gasteiger partial charge in [0.25, 0.3) is 0 Å². The zero-order valence-electron chi connectivity index (χ0n) is 19.8. The number of amides is 2. The van der Waals surface area contributed by atoms with Gasteiger partial charge in [0.1, 0.15) is 13.2 Å². The lowest BCUT2D eigenvalue weighted by molar-refractivity contribution is -0.147. The van der Waals surface area contributed by atoms with E-state index in [1.807, 2.05) is 31.2 Å². The van der Waals surface area contributed by atoms with Gasteiger partial charge < -0.3 is 20.1 Å². The second kappa shape index (κ2) is 10.2. The van der Waals surface area contributed by atoms with E-state index in [-0.39, 0.29) is 25.0 Å². The van der Waals surface area contributed by atoms with Crippen LogP contribution in [-0.2, 0) is 14.3 Å². The van der Waals surface area contributed by atoms with Gasteiger partial charge in [-0.15, -0.1) is 6.42 Å². The first-order chi connectivity index (χ1) is 16.8. The van der Waals surface area contributed by atoms with E-state index in [1.165, 1.54) is 0 Å². The number of carboxylic acids is 1. The molecular formula is C28H30N2O5. The number of benzene rings is 2. The highest BCUT2D eigenvalue weighted by atomic mass is 16.5. The van der Waals surface area contributed by atoms with Gasteiger partial charge in [0.2, 0.25) is 5.91 Å². The number of ether oxygens (including phenoxy) is 1. The Balaban J connectivity index is 1.46. The Morgan fingerprint density at radius 1 is 1.11 bits per heavy atom. The maximum atomic E-state index is 13.2. The van der Waals surface area contributed by atoms with Crippen LogP contribution < -0.4 is 5.32 Å². The molecule has 2 aliphatic carbocycles. The number of fused-ring (bicyclic) bond motifs is 3. The van der Waals surface area contributed by atoms with E-state index in [9.17, 15) is 19.5 Å². The molecular weight excluding hydrogens is 444 g/mol. The summed E-state index contributed by atoms with van der Waals surface area (Å²) in [4.78, 5) is 38.6. The van der Waals surface area contributed by atoms with Crippen LogP contribution in [-0.4, -0.2) is 53.2 Å². The number of carboxylic acid groups (broad SMARTS) is 1. The molecule has 2 aromatic rings. The summed E-state index contributed by atoms with van der Waals surface area (Å²) in [6, 6.07) is 16.2. The zero-order valence-corrected chi connectivity index (χ0v) is 19.8. The van der Waals surface area contributed by atoms with Gasteiger partial charge in [0.15, 0.2) is 0 Å². The van der Waals surface area contributed by atoms with Crippen LogP contribution in [0.25, 0.3) is 11.1 Å². The lowest BCUT2D eigenvalue weighted by Crippen LogP contribution is -2.58. The number of hydrogen-bond acceptors (Lipinski definition) is 4. The minimum Gasteiger partial charge on any atom is -0.480 e. The molecule has 2 unspecified atom stereocenters. The van der Waals surface area contributed by atoms with Crippen LogP contribution >= 0.6 is 0 Å². The number of carbonyl (C=O) groups excluding carboxylic acids is 2. The quantitative estimate of drug-likeness (QED) is 0.591. The number of alkyl carbamates (subject to hydrolysis) is 1. The molecule has 1 saturated carbocycles. The molecule has 4 rings (SSSR count). The molecule has 2 N–H and O–H groups in total. The average molecular weight is 475 g/mol. The molecule has 0 spiro atoms. The summed E-state index contributed by atoms with van der Waals surface area (Å²) in [5.74, 6) is 0.232. The Morgan fingerprint density at radius 3 is 2.34 bits per heavy atom. The summed E-state index contributed by atoms with van der Waals surface area (Å²) >= 11 is 0. The van der Waals surface area contributed by atoms with E-state index < -0.39 is 30.1 Å². The van der Waals surface area contributed by atoms with Gasteiger partial charge in [0.05, 0.1) is 18.0 Å². The van der Waals surface area contributed by atoms with Gasteiger partial charge in [-0.1, -0.05) is 67.3 Å². The lowest BCUT2D eigenvalue weighted by atomic mass is 9.73. The minimum absolute atomic E-state index is 0.0635. The maximum absolute atomic E-state index is 13.2. The first-order valence-electron chi connectivity index (χ1n) is 11.9. The summed E-state index contributed by atoms with van der Waals surface area (Å²) in [6.07, 6.45) is 7.56. The van der Waals surface area contributed by atoms with Gasteiger partial charge >= 0.3 is 12.1 Å². The van der Waals surface area contributed by atoms with Crippen molar-refractivity contribution in [1.29, 1.82) is 0 Å². The number of aliphatic carboxylic acids is 1. The van der Waals surface area contributed by atoms with Crippen molar-refractivity contribution in [2.45, 2.75) is 44.1 Å². The van der Waals surface area contributed by atoms with Gasteiger partial charge in [-0.25, -0.2) is 4.79 Å². The third kappa shape index (κ3) is 5.02. The van der Waals surface area contributed by atoms with Crippen molar-refractivity contribution in [3.8, 4) is 23.5 Å². The molecule has 1 fully saturated rings. The van der Waals surface area contributed by atoms with Crippen molar-refractivity contribution in [3.05, 3.63) is 59.7 Å². The molecule has 2 aliphatic rings. The van der Waals surface area contributed by atoms with Gasteiger partial charge in [-0.2, -0.15) is 0 Å². The third-order valence-corrected chi connectivity index (χ3v) is 7.16. The zero-order chi connectivity index (χ0) is 25.0. The van der Waals surface area contributed by atoms with Crippen molar-refractivity contribution in [1.82, 2.24) is 10.2 Å². The molecule has 0 bridgehead atoms. The van der Waals surface area contributed by atoms with Gasteiger partial charge in [0, 0.05) is 5.92 Å². The van der Waals surface area contributed by atoms with Crippen LogP contribution in [0.15, 0.2) is 48.5 Å². The smallest absolute Gasteiger partial charge is 0.407 e. The fraction of sp³-hybridized carbons (Fsp3) is 0.393. The third-order valence-electron chi connectivity index (χ3n) is 7.16. The van der Waals surface area contributed by atoms with E-state index in [4.69, 9.17) is 11.2 Å². The van der Waals surface area contributed by atoms with Gasteiger partial charge in [-0.3, -0.25) is 9.59 Å². The Hall–Kier alpha value is -3.79. The number of terminal acetylenes is 1. The second-order valence-corrected chi connectivity index (χ2v) is 9.46. The standard InChI is InChI=1S/C28H30N2O5/c1-3-16-30(17-25(31)32)26(33)24-14-8-9-15-28(24,2)29-27(34)35-18-23-21-12-6-4-10-19(21)20-11-5-7-13-22(20)23/h1,4-7,10-13,23-24H,8-9,14-18H2,2H3,(H,29,34)(H,31,32). The summed E-state index contributed by atoms with van der Waals surface area (Å²) in [7, 11) is 0. The number of rotatable bonds is 7. The highest BCUT2D eigenvalue weighted by molar-refractivity contribution is 5.85. The summed E-state index contributed by atoms with van der Waals surface area (Å²) < 4.78 is 5.71. The fourth-order valence-electron chi connectivity index (χ4n) is 5.45. The van der Waals surface area contributed by atoms with E-state index in [0.29, 0.717) is 12.8 Å². The Bertz CT molecular complexity index is 1120. The molecule has 2 amide bonds.